The summed E-state index contributed by atoms with van der Waals surface area (Å²) in [7, 11) is 3.86. The molecular weight excluding hydrogens is 326 g/mol. The fraction of sp³-hybridized carbons (Fsp3) is 0.222. The molecule has 0 bridgehead atoms. The summed E-state index contributed by atoms with van der Waals surface area (Å²) in [4.78, 5) is 25.7. The highest BCUT2D eigenvalue weighted by Crippen LogP contribution is 2.20. The van der Waals surface area contributed by atoms with Gasteiger partial charge in [-0.15, -0.1) is 0 Å². The standard InChI is InChI=1S/C18H20ClN3O2/c1-22(2)11-14-7-6-13(18(20)24)10-16(14)21-17(23)9-12-4-3-5-15(19)8-12/h3-8,10H,9,11H2,1-2H3,(H2,20,24)(H,21,23). The lowest BCUT2D eigenvalue weighted by Gasteiger charge is -2.16. The molecule has 126 valence electrons. The average Bonchev–Trinajstić information content (AvgIpc) is 2.48. The van der Waals surface area contributed by atoms with Gasteiger partial charge in [0, 0.05) is 22.8 Å². The molecule has 0 saturated carbocycles. The molecule has 0 aromatic heterocycles. The Labute approximate surface area is 146 Å². The minimum Gasteiger partial charge on any atom is -0.366 e. The van der Waals surface area contributed by atoms with Gasteiger partial charge in [0.15, 0.2) is 0 Å². The topological polar surface area (TPSA) is 75.4 Å². The second kappa shape index (κ2) is 7.95. The van der Waals surface area contributed by atoms with Crippen LogP contribution in [0.1, 0.15) is 21.5 Å². The van der Waals surface area contributed by atoms with Gasteiger partial charge in [-0.05, 0) is 49.5 Å². The number of rotatable bonds is 6. The van der Waals surface area contributed by atoms with Crippen LogP contribution in [0.2, 0.25) is 5.02 Å². The fourth-order valence-electron chi connectivity index (χ4n) is 2.35. The van der Waals surface area contributed by atoms with Crippen molar-refractivity contribution < 1.29 is 9.59 Å². The highest BCUT2D eigenvalue weighted by atomic mass is 35.5. The first-order valence-electron chi connectivity index (χ1n) is 7.47. The van der Waals surface area contributed by atoms with Crippen molar-refractivity contribution in [1.29, 1.82) is 0 Å². The molecule has 0 unspecified atom stereocenters. The van der Waals surface area contributed by atoms with E-state index in [0.717, 1.165) is 11.1 Å². The lowest BCUT2D eigenvalue weighted by Crippen LogP contribution is -2.19. The first-order valence-corrected chi connectivity index (χ1v) is 7.84. The van der Waals surface area contributed by atoms with Crippen molar-refractivity contribution in [3.63, 3.8) is 0 Å². The second-order valence-corrected chi connectivity index (χ2v) is 6.27. The molecule has 0 radical (unpaired) electrons. The van der Waals surface area contributed by atoms with E-state index < -0.39 is 5.91 Å². The summed E-state index contributed by atoms with van der Waals surface area (Å²) in [5.74, 6) is -0.712. The number of hydrogen-bond acceptors (Lipinski definition) is 3. The van der Waals surface area contributed by atoms with Crippen molar-refractivity contribution in [1.82, 2.24) is 4.90 Å². The van der Waals surface area contributed by atoms with Gasteiger partial charge in [-0.25, -0.2) is 0 Å². The monoisotopic (exact) mass is 345 g/mol. The Bertz CT molecular complexity index is 760. The Morgan fingerprint density at radius 3 is 2.54 bits per heavy atom. The second-order valence-electron chi connectivity index (χ2n) is 5.83. The van der Waals surface area contributed by atoms with Gasteiger partial charge in [-0.1, -0.05) is 29.8 Å². The number of nitrogens with one attached hydrogen (secondary N) is 1. The van der Waals surface area contributed by atoms with Crippen LogP contribution in [-0.4, -0.2) is 30.8 Å². The first kappa shape index (κ1) is 18.0. The van der Waals surface area contributed by atoms with Crippen molar-refractivity contribution in [2.24, 2.45) is 5.73 Å². The Kier molecular flexibility index (Phi) is 5.95. The number of carbonyl (C=O) groups excluding carboxylic acids is 2. The molecule has 0 aliphatic carbocycles. The van der Waals surface area contributed by atoms with Gasteiger partial charge < -0.3 is 16.0 Å². The summed E-state index contributed by atoms with van der Waals surface area (Å²) in [6.07, 6.45) is 0.197. The van der Waals surface area contributed by atoms with Crippen molar-refractivity contribution in [3.8, 4) is 0 Å². The van der Waals surface area contributed by atoms with E-state index in [0.29, 0.717) is 22.8 Å². The molecule has 3 N–H and O–H groups in total. The molecule has 0 atom stereocenters. The van der Waals surface area contributed by atoms with E-state index in [1.165, 1.54) is 0 Å². The van der Waals surface area contributed by atoms with E-state index in [-0.39, 0.29) is 12.3 Å². The molecule has 2 aromatic rings. The van der Waals surface area contributed by atoms with Crippen LogP contribution in [0.5, 0.6) is 0 Å². The SMILES string of the molecule is CN(C)Cc1ccc(C(N)=O)cc1NC(=O)Cc1cccc(Cl)c1. The number of primary amides is 1. The summed E-state index contributed by atoms with van der Waals surface area (Å²) in [5.41, 5.74) is 8.00. The third kappa shape index (κ3) is 5.08. The molecule has 0 spiro atoms. The Morgan fingerprint density at radius 2 is 1.92 bits per heavy atom. The minimum absolute atomic E-state index is 0.182. The van der Waals surface area contributed by atoms with Gasteiger partial charge in [0.05, 0.1) is 6.42 Å². The number of nitrogens with zero attached hydrogens (tertiary/aromatic N) is 1. The Morgan fingerprint density at radius 1 is 1.17 bits per heavy atom. The average molecular weight is 346 g/mol. The van der Waals surface area contributed by atoms with Crippen LogP contribution in [0.25, 0.3) is 0 Å². The summed E-state index contributed by atoms with van der Waals surface area (Å²) in [6.45, 7) is 0.631. The summed E-state index contributed by atoms with van der Waals surface area (Å²) < 4.78 is 0. The zero-order valence-corrected chi connectivity index (χ0v) is 14.4. The Hall–Kier alpha value is -2.37. The molecule has 6 heteroatoms. The van der Waals surface area contributed by atoms with Crippen LogP contribution < -0.4 is 11.1 Å². The van der Waals surface area contributed by atoms with E-state index in [9.17, 15) is 9.59 Å². The third-order valence-corrected chi connectivity index (χ3v) is 3.64. The van der Waals surface area contributed by atoms with Crippen molar-refractivity contribution in [2.75, 3.05) is 19.4 Å². The maximum Gasteiger partial charge on any atom is 0.248 e. The summed E-state index contributed by atoms with van der Waals surface area (Å²) >= 11 is 5.94. The quantitative estimate of drug-likeness (QED) is 0.845. The maximum absolute atomic E-state index is 12.3. The molecule has 24 heavy (non-hydrogen) atoms. The van der Waals surface area contributed by atoms with Gasteiger partial charge in [0.2, 0.25) is 11.8 Å². The van der Waals surface area contributed by atoms with E-state index in [1.54, 1.807) is 36.4 Å². The normalized spacial score (nSPS) is 10.7. The van der Waals surface area contributed by atoms with Gasteiger partial charge >= 0.3 is 0 Å². The van der Waals surface area contributed by atoms with Crippen LogP contribution in [0, 0.1) is 0 Å². The number of benzene rings is 2. The Balaban J connectivity index is 2.20. The molecule has 0 aliphatic rings. The summed E-state index contributed by atoms with van der Waals surface area (Å²) in [5, 5.41) is 3.45. The van der Waals surface area contributed by atoms with Gasteiger partial charge in [0.25, 0.3) is 0 Å². The zero-order valence-electron chi connectivity index (χ0n) is 13.7. The zero-order chi connectivity index (χ0) is 17.7. The maximum atomic E-state index is 12.3. The third-order valence-electron chi connectivity index (χ3n) is 3.41. The van der Waals surface area contributed by atoms with Gasteiger partial charge in [-0.3, -0.25) is 9.59 Å². The van der Waals surface area contributed by atoms with E-state index in [4.69, 9.17) is 17.3 Å². The minimum atomic E-state index is -0.531. The van der Waals surface area contributed by atoms with Crippen LogP contribution in [-0.2, 0) is 17.8 Å². The number of halogens is 1. The predicted molar refractivity (Wildman–Crippen MR) is 96.1 cm³/mol. The van der Waals surface area contributed by atoms with Gasteiger partial charge in [0.1, 0.15) is 0 Å². The number of nitrogens with two attached hydrogens (primary N) is 1. The number of anilines is 1. The number of carbonyl (C=O) groups is 2. The largest absolute Gasteiger partial charge is 0.366 e. The van der Waals surface area contributed by atoms with Crippen LogP contribution >= 0.6 is 11.6 Å². The highest BCUT2D eigenvalue weighted by molar-refractivity contribution is 6.30. The first-order chi connectivity index (χ1) is 11.3. The molecule has 2 aromatic carbocycles. The molecule has 5 nitrogen and oxygen atoms in total. The van der Waals surface area contributed by atoms with E-state index in [2.05, 4.69) is 5.32 Å². The molecular formula is C18H20ClN3O2. The van der Waals surface area contributed by atoms with Gasteiger partial charge in [-0.2, -0.15) is 0 Å². The molecule has 2 rings (SSSR count). The fourth-order valence-corrected chi connectivity index (χ4v) is 2.56. The molecule has 0 fully saturated rings. The lowest BCUT2D eigenvalue weighted by molar-refractivity contribution is -0.115. The predicted octanol–water partition coefficient (Wildman–Crippen LogP) is 2.68. The molecule has 0 saturated heterocycles. The summed E-state index contributed by atoms with van der Waals surface area (Å²) in [6, 6.07) is 12.2. The van der Waals surface area contributed by atoms with Crippen molar-refractivity contribution in [3.05, 3.63) is 64.2 Å². The molecule has 2 amide bonds. The van der Waals surface area contributed by atoms with Crippen molar-refractivity contribution >= 4 is 29.1 Å². The molecule has 0 heterocycles. The van der Waals surface area contributed by atoms with E-state index >= 15 is 0 Å². The highest BCUT2D eigenvalue weighted by Gasteiger charge is 2.12. The van der Waals surface area contributed by atoms with E-state index in [1.807, 2.05) is 25.1 Å². The smallest absolute Gasteiger partial charge is 0.248 e. The van der Waals surface area contributed by atoms with Crippen molar-refractivity contribution in [2.45, 2.75) is 13.0 Å². The lowest BCUT2D eigenvalue weighted by atomic mass is 10.1. The number of amides is 2. The van der Waals surface area contributed by atoms with Crippen LogP contribution in [0.3, 0.4) is 0 Å². The number of hydrogen-bond donors (Lipinski definition) is 2. The molecule has 0 aliphatic heterocycles. The van der Waals surface area contributed by atoms with Crippen LogP contribution in [0.15, 0.2) is 42.5 Å². The van der Waals surface area contributed by atoms with Crippen LogP contribution in [0.4, 0.5) is 5.69 Å².